The smallest absolute Gasteiger partial charge is 0.257 e. The monoisotopic (exact) mass is 378 g/mol. The van der Waals surface area contributed by atoms with E-state index in [-0.39, 0.29) is 5.91 Å². The summed E-state index contributed by atoms with van der Waals surface area (Å²) in [6, 6.07) is 15.6. The number of hydrogen-bond donors (Lipinski definition) is 1. The van der Waals surface area contributed by atoms with Crippen LogP contribution in [0.25, 0.3) is 11.3 Å². The summed E-state index contributed by atoms with van der Waals surface area (Å²) < 4.78 is 5.74. The van der Waals surface area contributed by atoms with E-state index in [0.717, 1.165) is 37.1 Å². The molecule has 0 aliphatic heterocycles. The highest BCUT2D eigenvalue weighted by Crippen LogP contribution is 2.40. The van der Waals surface area contributed by atoms with E-state index in [1.807, 2.05) is 18.2 Å². The van der Waals surface area contributed by atoms with Gasteiger partial charge in [0.1, 0.15) is 5.75 Å². The lowest BCUT2D eigenvalue weighted by molar-refractivity contribution is 0.102. The molecule has 0 fully saturated rings. The van der Waals surface area contributed by atoms with Crippen molar-refractivity contribution in [1.29, 1.82) is 0 Å². The largest absolute Gasteiger partial charge is 0.494 e. The molecule has 5 heteroatoms. The van der Waals surface area contributed by atoms with Gasteiger partial charge in [-0.15, -0.1) is 11.3 Å². The number of nitrogens with zero attached hydrogens (tertiary/aromatic N) is 1. The average Bonchev–Trinajstić information content (AvgIpc) is 3.22. The number of ether oxygens (including phenoxy) is 1. The summed E-state index contributed by atoms with van der Waals surface area (Å²) in [5.41, 5.74) is 4.06. The zero-order valence-corrected chi connectivity index (χ0v) is 16.1. The summed E-state index contributed by atoms with van der Waals surface area (Å²) in [6.45, 7) is 2.84. The summed E-state index contributed by atoms with van der Waals surface area (Å²) >= 11 is 1.55. The summed E-state index contributed by atoms with van der Waals surface area (Å²) in [5.74, 6) is 0.573. The van der Waals surface area contributed by atoms with Gasteiger partial charge in [-0.2, -0.15) is 0 Å². The summed E-state index contributed by atoms with van der Waals surface area (Å²) in [4.78, 5) is 18.5. The molecule has 0 unspecified atom stereocenters. The van der Waals surface area contributed by atoms with Crippen LogP contribution in [0.5, 0.6) is 5.75 Å². The number of carbonyl (C=O) groups excluding carboxylic acids is 1. The van der Waals surface area contributed by atoms with Crippen LogP contribution in [0, 0.1) is 0 Å². The standard InChI is InChI=1S/C22H22N2O2S/c1-2-3-6-12-26-17-10-7-9-16(13-17)21(25)24-22-23-20-18-11-5-4-8-15(18)14-19(20)27-22/h4-5,7-11,13H,2-3,6,12,14H2,1H3,(H,23,24,25). The molecule has 1 N–H and O–H groups in total. The van der Waals surface area contributed by atoms with Crippen molar-refractivity contribution in [2.45, 2.75) is 32.6 Å². The number of nitrogens with one attached hydrogen (secondary N) is 1. The number of hydrogen-bond acceptors (Lipinski definition) is 4. The molecule has 3 aromatic rings. The molecule has 2 aromatic carbocycles. The molecule has 1 aliphatic rings. The van der Waals surface area contributed by atoms with Gasteiger partial charge in [-0.3, -0.25) is 10.1 Å². The van der Waals surface area contributed by atoms with Gasteiger partial charge in [0.05, 0.1) is 12.3 Å². The lowest BCUT2D eigenvalue weighted by atomic mass is 10.1. The molecule has 1 aromatic heterocycles. The SMILES string of the molecule is CCCCCOc1cccc(C(=O)Nc2nc3c(s2)Cc2ccccc2-3)c1. The molecule has 0 saturated carbocycles. The van der Waals surface area contributed by atoms with E-state index in [1.54, 1.807) is 23.5 Å². The Morgan fingerprint density at radius 2 is 2.07 bits per heavy atom. The predicted molar refractivity (Wildman–Crippen MR) is 110 cm³/mol. The van der Waals surface area contributed by atoms with Crippen LogP contribution >= 0.6 is 11.3 Å². The first-order valence-electron chi connectivity index (χ1n) is 9.37. The fourth-order valence-corrected chi connectivity index (χ4v) is 4.25. The predicted octanol–water partition coefficient (Wildman–Crippen LogP) is 5.54. The van der Waals surface area contributed by atoms with Gasteiger partial charge in [-0.25, -0.2) is 4.98 Å². The molecule has 27 heavy (non-hydrogen) atoms. The quantitative estimate of drug-likeness (QED) is 0.430. The number of thiazole rings is 1. The van der Waals surface area contributed by atoms with Crippen LogP contribution in [0.1, 0.15) is 47.0 Å². The lowest BCUT2D eigenvalue weighted by Crippen LogP contribution is -2.12. The van der Waals surface area contributed by atoms with E-state index in [2.05, 4.69) is 35.4 Å². The van der Waals surface area contributed by atoms with Crippen molar-refractivity contribution in [2.24, 2.45) is 0 Å². The number of fused-ring (bicyclic) bond motifs is 3. The molecule has 1 heterocycles. The van der Waals surface area contributed by atoms with E-state index >= 15 is 0 Å². The molecule has 1 aliphatic carbocycles. The maximum Gasteiger partial charge on any atom is 0.257 e. The van der Waals surface area contributed by atoms with Crippen molar-refractivity contribution >= 4 is 22.4 Å². The first-order chi connectivity index (χ1) is 13.2. The first-order valence-corrected chi connectivity index (χ1v) is 10.2. The minimum Gasteiger partial charge on any atom is -0.494 e. The topological polar surface area (TPSA) is 51.2 Å². The van der Waals surface area contributed by atoms with Gasteiger partial charge in [0.2, 0.25) is 0 Å². The molecule has 4 rings (SSSR count). The Hall–Kier alpha value is -2.66. The van der Waals surface area contributed by atoms with Crippen molar-refractivity contribution in [3.05, 3.63) is 64.5 Å². The van der Waals surface area contributed by atoms with Gasteiger partial charge in [0.25, 0.3) is 5.91 Å². The minimum atomic E-state index is -0.158. The molecular weight excluding hydrogens is 356 g/mol. The van der Waals surface area contributed by atoms with Gasteiger partial charge < -0.3 is 4.74 Å². The van der Waals surface area contributed by atoms with Gasteiger partial charge in [0, 0.05) is 22.4 Å². The molecule has 0 atom stereocenters. The zero-order valence-electron chi connectivity index (χ0n) is 15.3. The number of anilines is 1. The summed E-state index contributed by atoms with van der Waals surface area (Å²) in [6.07, 6.45) is 4.23. The van der Waals surface area contributed by atoms with Crippen LogP contribution in [0.15, 0.2) is 48.5 Å². The van der Waals surface area contributed by atoms with Gasteiger partial charge in [0.15, 0.2) is 5.13 Å². The summed E-state index contributed by atoms with van der Waals surface area (Å²) in [7, 11) is 0. The van der Waals surface area contributed by atoms with Gasteiger partial charge in [-0.05, 0) is 30.2 Å². The highest BCUT2D eigenvalue weighted by Gasteiger charge is 2.23. The van der Waals surface area contributed by atoms with Crippen LogP contribution in [-0.4, -0.2) is 17.5 Å². The molecule has 4 nitrogen and oxygen atoms in total. The Bertz CT molecular complexity index is 964. The highest BCUT2D eigenvalue weighted by molar-refractivity contribution is 7.16. The summed E-state index contributed by atoms with van der Waals surface area (Å²) in [5, 5.41) is 3.58. The van der Waals surface area contributed by atoms with Gasteiger partial charge >= 0.3 is 0 Å². The third-order valence-electron chi connectivity index (χ3n) is 4.65. The number of aromatic nitrogens is 1. The second-order valence-electron chi connectivity index (χ2n) is 6.66. The van der Waals surface area contributed by atoms with E-state index in [1.165, 1.54) is 16.0 Å². The molecule has 138 valence electrons. The molecule has 0 spiro atoms. The Labute approximate surface area is 163 Å². The number of unbranched alkanes of at least 4 members (excludes halogenated alkanes) is 2. The molecule has 0 saturated heterocycles. The fraction of sp³-hybridized carbons (Fsp3) is 0.273. The van der Waals surface area contributed by atoms with Crippen LogP contribution in [-0.2, 0) is 6.42 Å². The molecule has 0 radical (unpaired) electrons. The van der Waals surface area contributed by atoms with E-state index < -0.39 is 0 Å². The Kier molecular flexibility index (Phi) is 5.21. The van der Waals surface area contributed by atoms with Crippen molar-refractivity contribution in [2.75, 3.05) is 11.9 Å². The number of carbonyl (C=O) groups is 1. The number of rotatable bonds is 7. The van der Waals surface area contributed by atoms with Crippen LogP contribution in [0.2, 0.25) is 0 Å². The third kappa shape index (κ3) is 3.88. The van der Waals surface area contributed by atoms with Crippen molar-refractivity contribution in [1.82, 2.24) is 4.98 Å². The van der Waals surface area contributed by atoms with Crippen molar-refractivity contribution < 1.29 is 9.53 Å². The fourth-order valence-electron chi connectivity index (χ4n) is 3.25. The second kappa shape index (κ2) is 7.92. The minimum absolute atomic E-state index is 0.158. The van der Waals surface area contributed by atoms with Gasteiger partial charge in [-0.1, -0.05) is 50.1 Å². The maximum atomic E-state index is 12.6. The molecule has 0 bridgehead atoms. The number of amides is 1. The Balaban J connectivity index is 1.43. The Morgan fingerprint density at radius 3 is 2.96 bits per heavy atom. The van der Waals surface area contributed by atoms with Crippen molar-refractivity contribution in [3.8, 4) is 17.0 Å². The number of benzene rings is 2. The van der Waals surface area contributed by atoms with E-state index in [4.69, 9.17) is 4.74 Å². The normalized spacial score (nSPS) is 11.7. The van der Waals surface area contributed by atoms with Crippen LogP contribution in [0.4, 0.5) is 5.13 Å². The van der Waals surface area contributed by atoms with Crippen molar-refractivity contribution in [3.63, 3.8) is 0 Å². The lowest BCUT2D eigenvalue weighted by Gasteiger charge is -2.07. The van der Waals surface area contributed by atoms with E-state index in [0.29, 0.717) is 17.3 Å². The highest BCUT2D eigenvalue weighted by atomic mass is 32.1. The van der Waals surface area contributed by atoms with E-state index in [9.17, 15) is 4.79 Å². The maximum absolute atomic E-state index is 12.6. The Morgan fingerprint density at radius 1 is 1.19 bits per heavy atom. The first kappa shape index (κ1) is 17.7. The van der Waals surface area contributed by atoms with Crippen LogP contribution in [0.3, 0.4) is 0 Å². The third-order valence-corrected chi connectivity index (χ3v) is 5.62. The average molecular weight is 378 g/mol. The molecule has 1 amide bonds. The molecular formula is C22H22N2O2S. The second-order valence-corrected chi connectivity index (χ2v) is 7.75. The zero-order chi connectivity index (χ0) is 18.6. The van der Waals surface area contributed by atoms with Crippen LogP contribution < -0.4 is 10.1 Å².